The van der Waals surface area contributed by atoms with E-state index in [2.05, 4.69) is 6.92 Å². The van der Waals surface area contributed by atoms with Gasteiger partial charge < -0.3 is 14.6 Å². The van der Waals surface area contributed by atoms with Crippen LogP contribution in [0.2, 0.25) is 0 Å². The third-order valence-electron chi connectivity index (χ3n) is 3.76. The summed E-state index contributed by atoms with van der Waals surface area (Å²) in [6, 6.07) is 0. The Morgan fingerprint density at radius 3 is 1.85 bits per heavy atom. The van der Waals surface area contributed by atoms with Crippen molar-refractivity contribution in [1.82, 2.24) is 0 Å². The molecule has 0 saturated heterocycles. The lowest BCUT2D eigenvalue weighted by Crippen LogP contribution is -2.30. The van der Waals surface area contributed by atoms with Crippen LogP contribution >= 0.6 is 0 Å². The maximum Gasteiger partial charge on any atom is 0.103 e. The van der Waals surface area contributed by atoms with Gasteiger partial charge in [0.1, 0.15) is 6.10 Å². The van der Waals surface area contributed by atoms with E-state index < -0.39 is 6.10 Å². The summed E-state index contributed by atoms with van der Waals surface area (Å²) in [5, 5.41) is 9.63. The van der Waals surface area contributed by atoms with Crippen molar-refractivity contribution >= 4 is 0 Å². The molecule has 0 rings (SSSR count). The van der Waals surface area contributed by atoms with Gasteiger partial charge in [-0.1, -0.05) is 64.7 Å². The Balaban J connectivity index is 3.16. The SMILES string of the molecule is CCCCCCCCCCCCOC(C)C(O)COC. The van der Waals surface area contributed by atoms with E-state index in [4.69, 9.17) is 9.47 Å². The highest BCUT2D eigenvalue weighted by molar-refractivity contribution is 4.62. The van der Waals surface area contributed by atoms with Gasteiger partial charge in [0.05, 0.1) is 12.7 Å². The molecule has 2 atom stereocenters. The van der Waals surface area contributed by atoms with Gasteiger partial charge in [0.15, 0.2) is 0 Å². The summed E-state index contributed by atoms with van der Waals surface area (Å²) in [4.78, 5) is 0. The summed E-state index contributed by atoms with van der Waals surface area (Å²) in [5.74, 6) is 0. The molecule has 0 spiro atoms. The Morgan fingerprint density at radius 2 is 1.35 bits per heavy atom. The van der Waals surface area contributed by atoms with Crippen LogP contribution in [0.5, 0.6) is 0 Å². The van der Waals surface area contributed by atoms with Gasteiger partial charge in [-0.3, -0.25) is 0 Å². The highest BCUT2D eigenvalue weighted by Crippen LogP contribution is 2.11. The van der Waals surface area contributed by atoms with Crippen molar-refractivity contribution in [2.24, 2.45) is 0 Å². The van der Waals surface area contributed by atoms with Crippen LogP contribution in [0, 0.1) is 0 Å². The number of hydrogen-bond acceptors (Lipinski definition) is 3. The number of ether oxygens (including phenoxy) is 2. The second-order valence-electron chi connectivity index (χ2n) is 5.78. The molecule has 0 amide bonds. The van der Waals surface area contributed by atoms with E-state index in [-0.39, 0.29) is 6.10 Å². The van der Waals surface area contributed by atoms with Gasteiger partial charge in [-0.15, -0.1) is 0 Å². The van der Waals surface area contributed by atoms with Crippen LogP contribution in [0.4, 0.5) is 0 Å². The predicted molar refractivity (Wildman–Crippen MR) is 85.1 cm³/mol. The van der Waals surface area contributed by atoms with Gasteiger partial charge in [-0.05, 0) is 13.3 Å². The van der Waals surface area contributed by atoms with Crippen LogP contribution in [0.3, 0.4) is 0 Å². The topological polar surface area (TPSA) is 38.7 Å². The van der Waals surface area contributed by atoms with Crippen molar-refractivity contribution in [3.63, 3.8) is 0 Å². The molecule has 0 aromatic carbocycles. The first-order valence-corrected chi connectivity index (χ1v) is 8.51. The minimum absolute atomic E-state index is 0.131. The van der Waals surface area contributed by atoms with Crippen LogP contribution in [0.15, 0.2) is 0 Å². The third-order valence-corrected chi connectivity index (χ3v) is 3.76. The van der Waals surface area contributed by atoms with Crippen molar-refractivity contribution in [3.05, 3.63) is 0 Å². The number of methoxy groups -OCH3 is 1. The second kappa shape index (κ2) is 15.3. The Hall–Kier alpha value is -0.120. The Labute approximate surface area is 126 Å². The fourth-order valence-electron chi connectivity index (χ4n) is 2.28. The lowest BCUT2D eigenvalue weighted by atomic mass is 10.1. The molecule has 20 heavy (non-hydrogen) atoms. The molecule has 3 nitrogen and oxygen atoms in total. The molecule has 0 aromatic rings. The molecule has 0 aliphatic rings. The van der Waals surface area contributed by atoms with Crippen LogP contribution in [-0.2, 0) is 9.47 Å². The molecule has 0 bridgehead atoms. The molecule has 0 aliphatic heterocycles. The average molecular weight is 288 g/mol. The molecule has 0 radical (unpaired) electrons. The summed E-state index contributed by atoms with van der Waals surface area (Å²) < 4.78 is 10.5. The highest BCUT2D eigenvalue weighted by atomic mass is 16.5. The molecule has 0 saturated carbocycles. The van der Waals surface area contributed by atoms with Crippen molar-refractivity contribution in [3.8, 4) is 0 Å². The number of unbranched alkanes of at least 4 members (excludes halogenated alkanes) is 9. The van der Waals surface area contributed by atoms with Crippen molar-refractivity contribution < 1.29 is 14.6 Å². The minimum Gasteiger partial charge on any atom is -0.388 e. The van der Waals surface area contributed by atoms with Crippen LogP contribution in [-0.4, -0.2) is 37.6 Å². The first kappa shape index (κ1) is 19.9. The van der Waals surface area contributed by atoms with Gasteiger partial charge in [0.2, 0.25) is 0 Å². The van der Waals surface area contributed by atoms with Gasteiger partial charge in [-0.25, -0.2) is 0 Å². The third kappa shape index (κ3) is 12.9. The zero-order valence-electron chi connectivity index (χ0n) is 13.9. The maximum absolute atomic E-state index is 9.63. The summed E-state index contributed by atoms with van der Waals surface area (Å²) in [6.07, 6.45) is 12.7. The summed E-state index contributed by atoms with van der Waals surface area (Å²) in [5.41, 5.74) is 0. The minimum atomic E-state index is -0.511. The van der Waals surface area contributed by atoms with Crippen LogP contribution in [0.25, 0.3) is 0 Å². The lowest BCUT2D eigenvalue weighted by Gasteiger charge is -2.18. The number of hydrogen-bond donors (Lipinski definition) is 1. The quantitative estimate of drug-likeness (QED) is 0.456. The fraction of sp³-hybridized carbons (Fsp3) is 1.00. The number of rotatable bonds is 15. The average Bonchev–Trinajstić information content (AvgIpc) is 2.44. The molecule has 3 heteroatoms. The van der Waals surface area contributed by atoms with E-state index in [1.54, 1.807) is 7.11 Å². The fourth-order valence-corrected chi connectivity index (χ4v) is 2.28. The highest BCUT2D eigenvalue weighted by Gasteiger charge is 2.13. The standard InChI is InChI=1S/C17H36O3/c1-4-5-6-7-8-9-10-11-12-13-14-20-16(2)17(18)15-19-3/h16-18H,4-15H2,1-3H3. The van der Waals surface area contributed by atoms with Gasteiger partial charge in [-0.2, -0.15) is 0 Å². The molecule has 0 fully saturated rings. The second-order valence-corrected chi connectivity index (χ2v) is 5.78. The molecule has 0 heterocycles. The van der Waals surface area contributed by atoms with Gasteiger partial charge in [0.25, 0.3) is 0 Å². The van der Waals surface area contributed by atoms with Gasteiger partial charge in [0, 0.05) is 13.7 Å². The molecular formula is C17H36O3. The first-order valence-electron chi connectivity index (χ1n) is 8.51. The molecule has 122 valence electrons. The van der Waals surface area contributed by atoms with E-state index >= 15 is 0 Å². The maximum atomic E-state index is 9.63. The van der Waals surface area contributed by atoms with E-state index in [1.807, 2.05) is 6.92 Å². The van der Waals surface area contributed by atoms with E-state index in [1.165, 1.54) is 57.8 Å². The van der Waals surface area contributed by atoms with E-state index in [9.17, 15) is 5.11 Å². The summed E-state index contributed by atoms with van der Waals surface area (Å²) in [7, 11) is 1.60. The monoisotopic (exact) mass is 288 g/mol. The van der Waals surface area contributed by atoms with Gasteiger partial charge >= 0.3 is 0 Å². The van der Waals surface area contributed by atoms with Crippen LogP contribution in [0.1, 0.15) is 78.1 Å². The van der Waals surface area contributed by atoms with E-state index in [0.717, 1.165) is 13.0 Å². The molecule has 0 aromatic heterocycles. The zero-order chi connectivity index (χ0) is 15.1. The summed E-state index contributed by atoms with van der Waals surface area (Å²) >= 11 is 0. The summed E-state index contributed by atoms with van der Waals surface area (Å²) in [6.45, 7) is 5.26. The van der Waals surface area contributed by atoms with Crippen LogP contribution < -0.4 is 0 Å². The van der Waals surface area contributed by atoms with Crippen molar-refractivity contribution in [2.45, 2.75) is 90.3 Å². The normalized spacial score (nSPS) is 14.4. The molecule has 2 unspecified atom stereocenters. The molecular weight excluding hydrogens is 252 g/mol. The Morgan fingerprint density at radius 1 is 0.850 bits per heavy atom. The largest absolute Gasteiger partial charge is 0.388 e. The smallest absolute Gasteiger partial charge is 0.103 e. The van der Waals surface area contributed by atoms with Crippen molar-refractivity contribution in [1.29, 1.82) is 0 Å². The Bertz CT molecular complexity index is 185. The molecule has 0 aliphatic carbocycles. The number of aliphatic hydroxyl groups is 1. The molecule has 1 N–H and O–H groups in total. The predicted octanol–water partition coefficient (Wildman–Crippen LogP) is 4.32. The number of aliphatic hydroxyl groups excluding tert-OH is 1. The van der Waals surface area contributed by atoms with E-state index in [0.29, 0.717) is 6.61 Å². The zero-order valence-corrected chi connectivity index (χ0v) is 13.9. The van der Waals surface area contributed by atoms with Crippen molar-refractivity contribution in [2.75, 3.05) is 20.3 Å². The lowest BCUT2D eigenvalue weighted by molar-refractivity contribution is -0.0567. The first-order chi connectivity index (χ1) is 9.72. The Kier molecular flexibility index (Phi) is 15.2.